The van der Waals surface area contributed by atoms with Crippen LogP contribution < -0.4 is 11.2 Å². The number of aryl methyl sites for hydroxylation is 2. The number of pyridine rings is 1. The number of carbonyl (C=O) groups is 2. The summed E-state index contributed by atoms with van der Waals surface area (Å²) in [4.78, 5) is 30.3. The number of carboxylic acids is 1. The van der Waals surface area contributed by atoms with Gasteiger partial charge in [0, 0.05) is 5.69 Å². The zero-order valence-electron chi connectivity index (χ0n) is 9.48. The Balaban J connectivity index is 2.96. The van der Waals surface area contributed by atoms with Gasteiger partial charge < -0.3 is 10.8 Å². The Labute approximate surface area is 97.6 Å². The predicted molar refractivity (Wildman–Crippen MR) is 59.4 cm³/mol. The van der Waals surface area contributed by atoms with Crippen molar-refractivity contribution < 1.29 is 19.5 Å². The van der Waals surface area contributed by atoms with Crippen molar-refractivity contribution in [2.24, 2.45) is 5.73 Å². The first-order valence-corrected chi connectivity index (χ1v) is 4.79. The minimum atomic E-state index is -1.12. The third kappa shape index (κ3) is 3.42. The molecule has 1 amide bonds. The number of hydrogen-bond donors (Lipinski definition) is 3. The van der Waals surface area contributed by atoms with Crippen LogP contribution in [-0.4, -0.2) is 28.6 Å². The average Bonchev–Trinajstić information content (AvgIpc) is 2.14. The Morgan fingerprint density at radius 1 is 1.53 bits per heavy atom. The highest BCUT2D eigenvalue weighted by molar-refractivity contribution is 5.99. The number of nitrogens with two attached hydrogens (primary N) is 1. The van der Waals surface area contributed by atoms with Crippen molar-refractivity contribution in [3.8, 4) is 0 Å². The zero-order valence-corrected chi connectivity index (χ0v) is 9.48. The first-order valence-electron chi connectivity index (χ1n) is 4.79. The molecule has 0 aliphatic carbocycles. The van der Waals surface area contributed by atoms with Crippen LogP contribution in [0.3, 0.4) is 0 Å². The Kier molecular flexibility index (Phi) is 4.00. The maximum atomic E-state index is 11.2. The van der Waals surface area contributed by atoms with E-state index in [2.05, 4.69) is 10.5 Å². The van der Waals surface area contributed by atoms with Crippen LogP contribution >= 0.6 is 0 Å². The summed E-state index contributed by atoms with van der Waals surface area (Å²) in [6.45, 7) is 2.84. The van der Waals surface area contributed by atoms with Gasteiger partial charge in [-0.3, -0.25) is 20.1 Å². The van der Waals surface area contributed by atoms with Crippen molar-refractivity contribution in [2.45, 2.75) is 13.8 Å². The highest BCUT2D eigenvalue weighted by Gasteiger charge is 2.14. The average molecular weight is 239 g/mol. The summed E-state index contributed by atoms with van der Waals surface area (Å²) in [5, 5.41) is 8.41. The van der Waals surface area contributed by atoms with E-state index in [9.17, 15) is 9.59 Å². The van der Waals surface area contributed by atoms with Gasteiger partial charge in [-0.1, -0.05) is 0 Å². The summed E-state index contributed by atoms with van der Waals surface area (Å²) in [6, 6.07) is 1.55. The molecular weight excluding hydrogens is 226 g/mol. The quantitative estimate of drug-likeness (QED) is 0.633. The van der Waals surface area contributed by atoms with Gasteiger partial charge in [0.05, 0.1) is 16.9 Å². The molecule has 0 unspecified atom stereocenters. The monoisotopic (exact) mass is 239 g/mol. The van der Waals surface area contributed by atoms with Crippen LogP contribution in [0.1, 0.15) is 21.7 Å². The highest BCUT2D eigenvalue weighted by Crippen LogP contribution is 2.19. The normalized spacial score (nSPS) is 10.0. The summed E-state index contributed by atoms with van der Waals surface area (Å²) in [7, 11) is 0. The highest BCUT2D eigenvalue weighted by atomic mass is 16.7. The van der Waals surface area contributed by atoms with Gasteiger partial charge in [-0.25, -0.2) is 4.79 Å². The molecule has 1 heterocycles. The molecule has 0 saturated heterocycles. The molecule has 0 saturated carbocycles. The Hall–Kier alpha value is -2.15. The van der Waals surface area contributed by atoms with Crippen LogP contribution in [0.5, 0.6) is 0 Å². The number of primary amides is 1. The van der Waals surface area contributed by atoms with E-state index in [1.807, 2.05) is 0 Å². The smallest absolute Gasteiger partial charge is 0.332 e. The molecule has 17 heavy (non-hydrogen) atoms. The first-order chi connectivity index (χ1) is 7.91. The molecule has 4 N–H and O–H groups in total. The molecule has 92 valence electrons. The summed E-state index contributed by atoms with van der Waals surface area (Å²) < 4.78 is 0. The van der Waals surface area contributed by atoms with Crippen LogP contribution in [-0.2, 0) is 9.63 Å². The largest absolute Gasteiger partial charge is 0.479 e. The molecule has 7 heteroatoms. The number of aliphatic carboxylic acids is 1. The Morgan fingerprint density at radius 2 is 2.18 bits per heavy atom. The SMILES string of the molecule is Cc1cc(NOCC(=O)O)c(C(N)=O)c(C)n1. The number of anilines is 1. The summed E-state index contributed by atoms with van der Waals surface area (Å²) in [5.74, 6) is -1.78. The second kappa shape index (κ2) is 5.26. The second-order valence-corrected chi connectivity index (χ2v) is 3.42. The van der Waals surface area contributed by atoms with Crippen LogP contribution in [0.2, 0.25) is 0 Å². The van der Waals surface area contributed by atoms with Gasteiger partial charge >= 0.3 is 5.97 Å². The molecule has 1 aromatic heterocycles. The maximum Gasteiger partial charge on any atom is 0.332 e. The lowest BCUT2D eigenvalue weighted by Gasteiger charge is -2.11. The van der Waals surface area contributed by atoms with Crippen molar-refractivity contribution in [3.63, 3.8) is 0 Å². The standard InChI is InChI=1S/C10H13N3O4/c1-5-3-7(13-17-4-8(14)15)9(10(11)16)6(2)12-5/h3H,4H2,1-2H3,(H2,11,16)(H,12,13)(H,14,15). The van der Waals surface area contributed by atoms with Crippen molar-refractivity contribution >= 4 is 17.6 Å². The number of hydrogen-bond acceptors (Lipinski definition) is 5. The van der Waals surface area contributed by atoms with Gasteiger partial charge in [-0.2, -0.15) is 0 Å². The molecule has 0 aliphatic rings. The Morgan fingerprint density at radius 3 is 2.71 bits per heavy atom. The maximum absolute atomic E-state index is 11.2. The van der Waals surface area contributed by atoms with Gasteiger partial charge in [-0.15, -0.1) is 0 Å². The van der Waals surface area contributed by atoms with Gasteiger partial charge in [0.2, 0.25) is 0 Å². The molecule has 0 aromatic carbocycles. The second-order valence-electron chi connectivity index (χ2n) is 3.42. The molecule has 1 aromatic rings. The van der Waals surface area contributed by atoms with Gasteiger partial charge in [0.1, 0.15) is 0 Å². The van der Waals surface area contributed by atoms with Gasteiger partial charge in [0.15, 0.2) is 6.61 Å². The fraction of sp³-hybridized carbons (Fsp3) is 0.300. The number of carboxylic acid groups (broad SMARTS) is 1. The van der Waals surface area contributed by atoms with Crippen LogP contribution in [0.25, 0.3) is 0 Å². The van der Waals surface area contributed by atoms with Crippen LogP contribution in [0.15, 0.2) is 6.07 Å². The van der Waals surface area contributed by atoms with E-state index in [0.717, 1.165) is 0 Å². The minimum absolute atomic E-state index is 0.181. The molecule has 7 nitrogen and oxygen atoms in total. The lowest BCUT2D eigenvalue weighted by molar-refractivity contribution is -0.141. The van der Waals surface area contributed by atoms with E-state index >= 15 is 0 Å². The number of aromatic nitrogens is 1. The van der Waals surface area contributed by atoms with E-state index in [0.29, 0.717) is 17.1 Å². The van der Waals surface area contributed by atoms with E-state index < -0.39 is 18.5 Å². The topological polar surface area (TPSA) is 115 Å². The number of amides is 1. The molecule has 0 radical (unpaired) electrons. The van der Waals surface area contributed by atoms with Crippen molar-refractivity contribution in [1.29, 1.82) is 0 Å². The number of nitrogens with one attached hydrogen (secondary N) is 1. The van der Waals surface area contributed by atoms with Crippen molar-refractivity contribution in [2.75, 3.05) is 12.1 Å². The molecular formula is C10H13N3O4. The summed E-state index contributed by atoms with van der Waals surface area (Å²) >= 11 is 0. The third-order valence-electron chi connectivity index (χ3n) is 1.95. The van der Waals surface area contributed by atoms with Crippen LogP contribution in [0.4, 0.5) is 5.69 Å². The first kappa shape index (κ1) is 12.9. The fourth-order valence-electron chi connectivity index (χ4n) is 1.40. The van der Waals surface area contributed by atoms with Crippen LogP contribution in [0, 0.1) is 13.8 Å². The number of nitrogens with zero attached hydrogens (tertiary/aromatic N) is 1. The zero-order chi connectivity index (χ0) is 13.0. The lowest BCUT2D eigenvalue weighted by atomic mass is 10.1. The minimum Gasteiger partial charge on any atom is -0.479 e. The van der Waals surface area contributed by atoms with Gasteiger partial charge in [0.25, 0.3) is 5.91 Å². The third-order valence-corrected chi connectivity index (χ3v) is 1.95. The predicted octanol–water partition coefficient (Wildman–Crippen LogP) is 0.225. The molecule has 0 atom stereocenters. The number of rotatable bonds is 5. The van der Waals surface area contributed by atoms with Gasteiger partial charge in [-0.05, 0) is 19.9 Å². The molecule has 0 fully saturated rings. The molecule has 0 spiro atoms. The van der Waals surface area contributed by atoms with Crippen molar-refractivity contribution in [3.05, 3.63) is 23.0 Å². The molecule has 0 aliphatic heterocycles. The summed E-state index contributed by atoms with van der Waals surface area (Å²) in [5.41, 5.74) is 9.20. The van der Waals surface area contributed by atoms with E-state index in [1.165, 1.54) is 0 Å². The fourth-order valence-corrected chi connectivity index (χ4v) is 1.40. The van der Waals surface area contributed by atoms with E-state index in [1.54, 1.807) is 19.9 Å². The van der Waals surface area contributed by atoms with Crippen molar-refractivity contribution in [1.82, 2.24) is 4.98 Å². The number of carbonyl (C=O) groups excluding carboxylic acids is 1. The lowest BCUT2D eigenvalue weighted by Crippen LogP contribution is -2.19. The van der Waals surface area contributed by atoms with E-state index in [4.69, 9.17) is 15.7 Å². The molecule has 1 rings (SSSR count). The Bertz CT molecular complexity index is 459. The summed E-state index contributed by atoms with van der Waals surface area (Å²) in [6.07, 6.45) is 0. The van der Waals surface area contributed by atoms with E-state index in [-0.39, 0.29) is 5.56 Å². The molecule has 0 bridgehead atoms.